The zero-order valence-electron chi connectivity index (χ0n) is 11.0. The van der Waals surface area contributed by atoms with Gasteiger partial charge in [-0.15, -0.1) is 0 Å². The van der Waals surface area contributed by atoms with E-state index in [1.165, 1.54) is 0 Å². The van der Waals surface area contributed by atoms with Crippen molar-refractivity contribution in [2.24, 2.45) is 0 Å². The van der Waals surface area contributed by atoms with Crippen molar-refractivity contribution < 1.29 is 9.26 Å². The number of aromatic nitrogens is 3. The molecule has 0 aliphatic carbocycles. The van der Waals surface area contributed by atoms with Crippen LogP contribution in [0.4, 0.5) is 0 Å². The molecule has 2 aromatic heterocycles. The Morgan fingerprint density at radius 2 is 1.95 bits per heavy atom. The molecule has 0 bridgehead atoms. The van der Waals surface area contributed by atoms with Gasteiger partial charge in [-0.2, -0.15) is 4.98 Å². The first-order valence-electron chi connectivity index (χ1n) is 6.25. The van der Waals surface area contributed by atoms with Crippen LogP contribution in [-0.2, 0) is 6.61 Å². The molecule has 3 aromatic rings. The predicted octanol–water partition coefficient (Wildman–Crippen LogP) is 3.02. The van der Waals surface area contributed by atoms with Crippen LogP contribution in [0.2, 0.25) is 0 Å². The van der Waals surface area contributed by atoms with Gasteiger partial charge in [0.1, 0.15) is 11.4 Å². The summed E-state index contributed by atoms with van der Waals surface area (Å²) in [6.07, 6.45) is 1.69. The van der Waals surface area contributed by atoms with Gasteiger partial charge >= 0.3 is 0 Å². The standard InChI is InChI=1S/C15H13N3O2/c1-11-6-2-3-8-13(11)19-10-14-17-15(18-20-14)12-7-4-5-9-16-12/h2-9H,10H2,1H3. The summed E-state index contributed by atoms with van der Waals surface area (Å²) >= 11 is 0. The van der Waals surface area contributed by atoms with E-state index in [0.717, 1.165) is 11.3 Å². The molecular formula is C15H13N3O2. The number of hydrogen-bond acceptors (Lipinski definition) is 5. The SMILES string of the molecule is Cc1ccccc1OCc1nc(-c2ccccn2)no1. The van der Waals surface area contributed by atoms with Crippen LogP contribution >= 0.6 is 0 Å². The van der Waals surface area contributed by atoms with Crippen molar-refractivity contribution in [1.82, 2.24) is 15.1 Å². The number of rotatable bonds is 4. The molecule has 5 heteroatoms. The van der Waals surface area contributed by atoms with Crippen LogP contribution < -0.4 is 4.74 Å². The zero-order chi connectivity index (χ0) is 13.8. The monoisotopic (exact) mass is 267 g/mol. The van der Waals surface area contributed by atoms with Crippen molar-refractivity contribution in [3.63, 3.8) is 0 Å². The summed E-state index contributed by atoms with van der Waals surface area (Å²) in [5, 5.41) is 3.89. The lowest BCUT2D eigenvalue weighted by molar-refractivity contribution is 0.242. The van der Waals surface area contributed by atoms with Crippen LogP contribution in [0, 0.1) is 6.92 Å². The van der Waals surface area contributed by atoms with E-state index in [1.54, 1.807) is 6.20 Å². The van der Waals surface area contributed by atoms with Crippen molar-refractivity contribution >= 4 is 0 Å². The van der Waals surface area contributed by atoms with Crippen molar-refractivity contribution in [3.05, 3.63) is 60.1 Å². The second-order valence-corrected chi connectivity index (χ2v) is 4.28. The number of para-hydroxylation sites is 1. The lowest BCUT2D eigenvalue weighted by Gasteiger charge is -2.05. The van der Waals surface area contributed by atoms with Crippen molar-refractivity contribution in [1.29, 1.82) is 0 Å². The number of benzene rings is 1. The molecule has 0 N–H and O–H groups in total. The van der Waals surface area contributed by atoms with E-state index in [4.69, 9.17) is 9.26 Å². The molecule has 0 unspecified atom stereocenters. The van der Waals surface area contributed by atoms with Gasteiger partial charge in [0.25, 0.3) is 5.89 Å². The number of ether oxygens (including phenoxy) is 1. The molecule has 0 saturated carbocycles. The predicted molar refractivity (Wildman–Crippen MR) is 73.0 cm³/mol. The molecule has 0 saturated heterocycles. The minimum Gasteiger partial charge on any atom is -0.483 e. The second-order valence-electron chi connectivity index (χ2n) is 4.28. The molecule has 0 aliphatic rings. The first-order valence-corrected chi connectivity index (χ1v) is 6.25. The molecule has 0 radical (unpaired) electrons. The van der Waals surface area contributed by atoms with Crippen molar-refractivity contribution in [3.8, 4) is 17.3 Å². The third-order valence-corrected chi connectivity index (χ3v) is 2.81. The van der Waals surface area contributed by atoms with Crippen molar-refractivity contribution in [2.45, 2.75) is 13.5 Å². The van der Waals surface area contributed by atoms with Crippen LogP contribution in [0.3, 0.4) is 0 Å². The van der Waals surface area contributed by atoms with Gasteiger partial charge in [0.2, 0.25) is 5.82 Å². The molecule has 0 spiro atoms. The fourth-order valence-corrected chi connectivity index (χ4v) is 1.77. The normalized spacial score (nSPS) is 10.4. The van der Waals surface area contributed by atoms with E-state index in [2.05, 4.69) is 15.1 Å². The molecule has 1 aromatic carbocycles. The van der Waals surface area contributed by atoms with E-state index in [9.17, 15) is 0 Å². The summed E-state index contributed by atoms with van der Waals surface area (Å²) < 4.78 is 10.8. The summed E-state index contributed by atoms with van der Waals surface area (Å²) in [7, 11) is 0. The lowest BCUT2D eigenvalue weighted by Crippen LogP contribution is -1.97. The first-order chi connectivity index (χ1) is 9.83. The Balaban J connectivity index is 1.71. The van der Waals surface area contributed by atoms with Gasteiger partial charge in [0, 0.05) is 6.20 Å². The molecule has 2 heterocycles. The Morgan fingerprint density at radius 3 is 2.75 bits per heavy atom. The van der Waals surface area contributed by atoms with Gasteiger partial charge in [-0.25, -0.2) is 0 Å². The fraction of sp³-hybridized carbons (Fsp3) is 0.133. The van der Waals surface area contributed by atoms with Crippen LogP contribution in [0.25, 0.3) is 11.5 Å². The van der Waals surface area contributed by atoms with Crippen LogP contribution in [0.1, 0.15) is 11.5 Å². The topological polar surface area (TPSA) is 61.0 Å². The van der Waals surface area contributed by atoms with Crippen LogP contribution in [0.15, 0.2) is 53.2 Å². The summed E-state index contributed by atoms with van der Waals surface area (Å²) in [5.74, 6) is 1.70. The molecule has 0 atom stereocenters. The Labute approximate surface area is 116 Å². The van der Waals surface area contributed by atoms with E-state index >= 15 is 0 Å². The van der Waals surface area contributed by atoms with E-state index in [1.807, 2.05) is 49.4 Å². The molecule has 5 nitrogen and oxygen atoms in total. The van der Waals surface area contributed by atoms with Gasteiger partial charge in [-0.1, -0.05) is 29.4 Å². The molecule has 100 valence electrons. The third-order valence-electron chi connectivity index (χ3n) is 2.81. The lowest BCUT2D eigenvalue weighted by atomic mass is 10.2. The Kier molecular flexibility index (Phi) is 3.41. The highest BCUT2D eigenvalue weighted by molar-refractivity contribution is 5.47. The minimum absolute atomic E-state index is 0.241. The maximum absolute atomic E-state index is 5.66. The van der Waals surface area contributed by atoms with Gasteiger partial charge < -0.3 is 9.26 Å². The average Bonchev–Trinajstić information content (AvgIpc) is 2.96. The highest BCUT2D eigenvalue weighted by Crippen LogP contribution is 2.18. The van der Waals surface area contributed by atoms with Gasteiger partial charge in [0.15, 0.2) is 6.61 Å². The number of pyridine rings is 1. The second kappa shape index (κ2) is 5.52. The minimum atomic E-state index is 0.241. The summed E-state index contributed by atoms with van der Waals surface area (Å²) in [4.78, 5) is 8.43. The zero-order valence-corrected chi connectivity index (χ0v) is 11.0. The number of nitrogens with zero attached hydrogens (tertiary/aromatic N) is 3. The maximum atomic E-state index is 5.66. The van der Waals surface area contributed by atoms with E-state index in [0.29, 0.717) is 17.4 Å². The fourth-order valence-electron chi connectivity index (χ4n) is 1.77. The highest BCUT2D eigenvalue weighted by Gasteiger charge is 2.10. The molecular weight excluding hydrogens is 254 g/mol. The Bertz CT molecular complexity index is 695. The molecule has 0 aliphatic heterocycles. The molecule has 0 fully saturated rings. The van der Waals surface area contributed by atoms with Crippen LogP contribution in [-0.4, -0.2) is 15.1 Å². The molecule has 0 amide bonds. The van der Waals surface area contributed by atoms with E-state index < -0.39 is 0 Å². The third kappa shape index (κ3) is 2.66. The first kappa shape index (κ1) is 12.3. The largest absolute Gasteiger partial charge is 0.483 e. The number of hydrogen-bond donors (Lipinski definition) is 0. The van der Waals surface area contributed by atoms with E-state index in [-0.39, 0.29) is 6.61 Å². The quantitative estimate of drug-likeness (QED) is 0.727. The van der Waals surface area contributed by atoms with Gasteiger partial charge in [-0.05, 0) is 30.7 Å². The Hall–Kier alpha value is -2.69. The van der Waals surface area contributed by atoms with Crippen molar-refractivity contribution in [2.75, 3.05) is 0 Å². The van der Waals surface area contributed by atoms with Gasteiger partial charge in [-0.3, -0.25) is 4.98 Å². The van der Waals surface area contributed by atoms with Crippen LogP contribution in [0.5, 0.6) is 5.75 Å². The summed E-state index contributed by atoms with van der Waals surface area (Å²) in [6.45, 7) is 2.23. The smallest absolute Gasteiger partial charge is 0.264 e. The summed E-state index contributed by atoms with van der Waals surface area (Å²) in [6, 6.07) is 13.3. The number of aryl methyl sites for hydroxylation is 1. The Morgan fingerprint density at radius 1 is 1.10 bits per heavy atom. The van der Waals surface area contributed by atoms with Gasteiger partial charge in [0.05, 0.1) is 0 Å². The molecule has 20 heavy (non-hydrogen) atoms. The average molecular weight is 267 g/mol. The molecule has 3 rings (SSSR count). The highest BCUT2D eigenvalue weighted by atomic mass is 16.5. The summed E-state index contributed by atoms with van der Waals surface area (Å²) in [5.41, 5.74) is 1.75. The maximum Gasteiger partial charge on any atom is 0.264 e.